The number of rotatable bonds is 6. The van der Waals surface area contributed by atoms with Gasteiger partial charge in [-0.1, -0.05) is 59.8 Å². The van der Waals surface area contributed by atoms with Gasteiger partial charge in [0.15, 0.2) is 22.4 Å². The van der Waals surface area contributed by atoms with Crippen molar-refractivity contribution < 1.29 is 62.9 Å². The Morgan fingerprint density at radius 2 is 1.67 bits per heavy atom. The Morgan fingerprint density at radius 1 is 0.972 bits per heavy atom. The van der Waals surface area contributed by atoms with Crippen LogP contribution < -0.4 is 36.3 Å². The quantitative estimate of drug-likeness (QED) is 0.0745. The first-order chi connectivity index (χ1) is 34.0. The normalized spacial score (nSPS) is 28.4. The van der Waals surface area contributed by atoms with Gasteiger partial charge in [0.2, 0.25) is 10.9 Å². The number of carbonyl (C=O) groups excluding carboxylic acids is 3. The minimum Gasteiger partial charge on any atom is -0.507 e. The van der Waals surface area contributed by atoms with Gasteiger partial charge in [-0.3, -0.25) is 19.2 Å². The third kappa shape index (κ3) is 10.3. The molecule has 0 spiro atoms. The number of nitrogens with one attached hydrogen (secondary N) is 2. The number of fused-ring (bicyclic) bond motifs is 2. The SMILES string of the molecule is CO[C@H]1/C=C/O[C@@]2(C)Oc3c(C)c(O)c4c(=O)c(c5oc6cc(N7CCC(NC(=O)OCC(C)C)CC7)cc(=O)c6nc5c4c3=C2O)NC(=O)/C(C)=C\C=C\[C@H](C)[C@H](O)[C@@H](C)[C@@H](O)[C@@H](C)[C@H](OC(C)=O)[C@@H]1C. The molecule has 72 heavy (non-hydrogen) atoms. The third-order valence-corrected chi connectivity index (χ3v) is 14.1. The highest BCUT2D eigenvalue weighted by atomic mass is 16.7. The van der Waals surface area contributed by atoms with Crippen LogP contribution in [0.4, 0.5) is 16.2 Å². The third-order valence-electron chi connectivity index (χ3n) is 14.1. The lowest BCUT2D eigenvalue weighted by molar-refractivity contribution is -0.160. The second kappa shape index (κ2) is 21.2. The predicted octanol–water partition coefficient (Wildman–Crippen LogP) is 5.91. The molecule has 0 radical (unpaired) electrons. The van der Waals surface area contributed by atoms with Crippen molar-refractivity contribution in [1.82, 2.24) is 10.3 Å². The summed E-state index contributed by atoms with van der Waals surface area (Å²) in [4.78, 5) is 74.7. The first-order valence-electron chi connectivity index (χ1n) is 24.3. The molecule has 4 heterocycles. The van der Waals surface area contributed by atoms with Gasteiger partial charge in [-0.2, -0.15) is 0 Å². The second-order valence-electron chi connectivity index (χ2n) is 19.9. The van der Waals surface area contributed by atoms with Gasteiger partial charge in [0.25, 0.3) is 5.91 Å². The number of hydrogen-bond donors (Lipinski definition) is 6. The average molecular weight is 999 g/mol. The highest BCUT2D eigenvalue weighted by Crippen LogP contribution is 2.42. The molecule has 19 nitrogen and oxygen atoms in total. The van der Waals surface area contributed by atoms with Crippen molar-refractivity contribution in [3.05, 3.63) is 79.5 Å². The van der Waals surface area contributed by atoms with E-state index in [9.17, 15) is 44.4 Å². The van der Waals surface area contributed by atoms with Gasteiger partial charge in [0, 0.05) is 98.1 Å². The topological polar surface area (TPSA) is 266 Å². The summed E-state index contributed by atoms with van der Waals surface area (Å²) >= 11 is 0. The molecule has 0 saturated carbocycles. The molecule has 3 aliphatic rings. The zero-order valence-electron chi connectivity index (χ0n) is 42.5. The molecule has 388 valence electrons. The number of aromatic nitrogens is 1. The summed E-state index contributed by atoms with van der Waals surface area (Å²) in [5, 5.41) is 52.2. The number of allylic oxidation sites excluding steroid dienone is 2. The summed E-state index contributed by atoms with van der Waals surface area (Å²) in [6, 6.07) is 2.85. The van der Waals surface area contributed by atoms with Crippen LogP contribution >= 0.6 is 0 Å². The Morgan fingerprint density at radius 3 is 2.32 bits per heavy atom. The second-order valence-corrected chi connectivity index (χ2v) is 19.9. The van der Waals surface area contributed by atoms with Gasteiger partial charge in [-0.05, 0) is 38.7 Å². The maximum Gasteiger partial charge on any atom is 0.407 e. The summed E-state index contributed by atoms with van der Waals surface area (Å²) in [6.07, 6.45) is 4.02. The summed E-state index contributed by atoms with van der Waals surface area (Å²) in [5.74, 6) is -6.97. The fourth-order valence-electron chi connectivity index (χ4n) is 9.79. The number of aliphatic hydroxyl groups is 3. The van der Waals surface area contributed by atoms with Gasteiger partial charge in [0.05, 0.1) is 41.8 Å². The number of aliphatic hydroxyl groups excluding tert-OH is 3. The molecule has 0 aliphatic carbocycles. The number of methoxy groups -OCH3 is 1. The van der Waals surface area contributed by atoms with Crippen LogP contribution in [0.15, 0.2) is 62.3 Å². The molecule has 2 amide bonds. The average Bonchev–Trinajstić information content (AvgIpc) is 3.61. The molecule has 1 fully saturated rings. The van der Waals surface area contributed by atoms with E-state index in [-0.39, 0.29) is 67.0 Å². The number of amides is 2. The zero-order valence-corrected chi connectivity index (χ0v) is 42.5. The number of piperidine rings is 1. The van der Waals surface area contributed by atoms with Gasteiger partial charge >= 0.3 is 17.8 Å². The van der Waals surface area contributed by atoms with Crippen LogP contribution in [-0.2, 0) is 28.5 Å². The lowest BCUT2D eigenvalue weighted by Gasteiger charge is -2.38. The Labute approximate surface area is 416 Å². The lowest BCUT2D eigenvalue weighted by atomic mass is 9.78. The van der Waals surface area contributed by atoms with Crippen molar-refractivity contribution in [3.63, 3.8) is 0 Å². The van der Waals surface area contributed by atoms with Crippen LogP contribution in [0.3, 0.4) is 0 Å². The molecule has 9 atom stereocenters. The number of benzene rings is 3. The number of anilines is 2. The van der Waals surface area contributed by atoms with Gasteiger partial charge in [0.1, 0.15) is 28.8 Å². The van der Waals surface area contributed by atoms with Crippen LogP contribution in [0.2, 0.25) is 0 Å². The summed E-state index contributed by atoms with van der Waals surface area (Å²) in [5.41, 5.74) is -1.89. The Hall–Kier alpha value is -6.70. The standard InChI is InChI=1S/C53H66N4O15/c1-24(2)23-68-52(66)54-32-15-18-57(19-16-32)33-21-34(59)40-36(22-33)71-49-41(55-40)37-38-45(62)30(8)48-39(37)50(64)53(10,72-48)69-20-17-35(67-11)27(5)47(70-31(9)58)29(7)44(61)28(6)43(60)25(3)13-12-14-26(4)51(65)56-42(49)46(38)63/h12-14,17,20-22,24-25,27-29,32,35,43-44,47,60-62,64H,15-16,18-19,23H2,1-11H3,(H,54,66)(H,56,65)/b13-12+,20-17+,26-14-/t25-,27+,28+,29+,35-,43-,44+,47+,53-/m0/s1. The van der Waals surface area contributed by atoms with Crippen molar-refractivity contribution in [3.8, 4) is 11.5 Å². The summed E-state index contributed by atoms with van der Waals surface area (Å²) in [6.45, 7) is 17.6. The molecule has 4 aromatic rings. The van der Waals surface area contributed by atoms with E-state index in [1.165, 1.54) is 59.3 Å². The first-order valence-corrected chi connectivity index (χ1v) is 24.3. The van der Waals surface area contributed by atoms with E-state index >= 15 is 0 Å². The molecule has 1 saturated heterocycles. The Bertz CT molecular complexity index is 3050. The lowest BCUT2D eigenvalue weighted by Crippen LogP contribution is -2.46. The number of ether oxygens (including phenoxy) is 5. The summed E-state index contributed by atoms with van der Waals surface area (Å²) < 4.78 is 35.8. The van der Waals surface area contributed by atoms with E-state index in [0.29, 0.717) is 38.2 Å². The number of phenols is 1. The molecule has 1 aromatic heterocycles. The Kier molecular flexibility index (Phi) is 15.6. The molecule has 3 aromatic carbocycles. The number of hydrogen-bond acceptors (Lipinski definition) is 17. The van der Waals surface area contributed by atoms with Crippen LogP contribution in [-0.4, -0.2) is 106 Å². The fraction of sp³-hybridized carbons (Fsp3) is 0.509. The fourth-order valence-corrected chi connectivity index (χ4v) is 9.79. The monoisotopic (exact) mass is 998 g/mol. The van der Waals surface area contributed by atoms with E-state index in [2.05, 4.69) is 10.6 Å². The highest BCUT2D eigenvalue weighted by molar-refractivity contribution is 6.17. The van der Waals surface area contributed by atoms with Crippen LogP contribution in [0.5, 0.6) is 11.5 Å². The smallest absolute Gasteiger partial charge is 0.407 e. The van der Waals surface area contributed by atoms with Crippen molar-refractivity contribution in [2.45, 2.75) is 118 Å². The van der Waals surface area contributed by atoms with Crippen LogP contribution in [0.25, 0.3) is 38.7 Å². The van der Waals surface area contributed by atoms with E-state index in [1.54, 1.807) is 45.9 Å². The van der Waals surface area contributed by atoms with Crippen molar-refractivity contribution in [2.75, 3.05) is 37.0 Å². The highest BCUT2D eigenvalue weighted by Gasteiger charge is 2.44. The largest absolute Gasteiger partial charge is 0.507 e. The van der Waals surface area contributed by atoms with Gasteiger partial charge < -0.3 is 64.1 Å². The van der Waals surface area contributed by atoms with E-state index in [0.717, 1.165) is 0 Å². The van der Waals surface area contributed by atoms with E-state index < -0.39 is 99.9 Å². The molecule has 19 heteroatoms. The maximum absolute atomic E-state index is 14.9. The molecule has 7 rings (SSSR count). The zero-order chi connectivity index (χ0) is 52.7. The van der Waals surface area contributed by atoms with Crippen molar-refractivity contribution >= 4 is 68.1 Å². The number of nitrogens with zero attached hydrogens (tertiary/aromatic N) is 2. The van der Waals surface area contributed by atoms with Crippen LogP contribution in [0, 0.1) is 36.5 Å². The maximum atomic E-state index is 14.9. The number of phenolic OH excluding ortho intramolecular Hbond substituents is 1. The number of aromatic hydroxyl groups is 1. The minimum absolute atomic E-state index is 0.0322. The molecule has 3 aliphatic heterocycles. The number of esters is 1. The minimum atomic E-state index is -2.01. The van der Waals surface area contributed by atoms with Crippen LogP contribution in [0.1, 0.15) is 80.7 Å². The first kappa shape index (κ1) is 53.1. The summed E-state index contributed by atoms with van der Waals surface area (Å²) in [7, 11) is 1.43. The van der Waals surface area contributed by atoms with E-state index in [4.69, 9.17) is 33.1 Å². The van der Waals surface area contributed by atoms with Gasteiger partial charge in [-0.15, -0.1) is 0 Å². The molecule has 6 N–H and O–H groups in total. The van der Waals surface area contributed by atoms with Gasteiger partial charge in [-0.25, -0.2) is 9.78 Å². The molecule has 0 unspecified atom stereocenters. The molecule has 4 bridgehead atoms. The molecular formula is C53H66N4O15. The number of carbonyl (C=O) groups is 3. The van der Waals surface area contributed by atoms with Crippen molar-refractivity contribution in [1.29, 1.82) is 0 Å². The predicted molar refractivity (Wildman–Crippen MR) is 270 cm³/mol. The van der Waals surface area contributed by atoms with E-state index in [1.807, 2.05) is 18.7 Å². The molecular weight excluding hydrogens is 933 g/mol. The number of alkyl carbamates (subject to hydrolysis) is 1. The van der Waals surface area contributed by atoms with Crippen molar-refractivity contribution in [2.24, 2.45) is 29.6 Å². The Balaban J connectivity index is 1.40.